The Kier molecular flexibility index (Phi) is 8.23. The maximum Gasteiger partial charge on any atom is 0.168 e. The van der Waals surface area contributed by atoms with E-state index in [0.29, 0.717) is 0 Å². The quantitative estimate of drug-likeness (QED) is 0.439. The number of para-hydroxylation sites is 1. The van der Waals surface area contributed by atoms with Crippen LogP contribution in [0, 0.1) is 0 Å². The van der Waals surface area contributed by atoms with Crippen molar-refractivity contribution in [3.05, 3.63) is 48.5 Å². The minimum absolute atomic E-state index is 0.739. The van der Waals surface area contributed by atoms with Crippen molar-refractivity contribution in [1.29, 1.82) is 0 Å². The van der Waals surface area contributed by atoms with Crippen molar-refractivity contribution >= 4 is 0 Å². The van der Waals surface area contributed by atoms with Crippen LogP contribution >= 0.6 is 0 Å². The van der Waals surface area contributed by atoms with Crippen LogP contribution in [-0.2, 0) is 0 Å². The number of unbranched alkanes of at least 4 members (excludes halogenated alkanes) is 4. The largest absolute Gasteiger partial charge is 0.490 e. The van der Waals surface area contributed by atoms with Crippen LogP contribution in [0.4, 0.5) is 0 Å². The molecule has 0 aliphatic heterocycles. The molecule has 0 aromatic heterocycles. The lowest BCUT2D eigenvalue weighted by molar-refractivity contribution is 0.260. The molecule has 0 unspecified atom stereocenters. The Morgan fingerprint density at radius 2 is 1.33 bits per heavy atom. The minimum Gasteiger partial charge on any atom is -0.490 e. The van der Waals surface area contributed by atoms with E-state index in [9.17, 15) is 0 Å². The lowest BCUT2D eigenvalue weighted by Gasteiger charge is -2.17. The van der Waals surface area contributed by atoms with Crippen molar-refractivity contribution in [2.75, 3.05) is 13.2 Å². The van der Waals surface area contributed by atoms with Crippen LogP contribution in [0.1, 0.15) is 52.4 Å². The summed E-state index contributed by atoms with van der Waals surface area (Å²) in [5.74, 6) is 1.75. The molecule has 0 bridgehead atoms. The monoisotopic (exact) mass is 326 g/mol. The van der Waals surface area contributed by atoms with Crippen LogP contribution in [0.15, 0.2) is 48.5 Å². The Morgan fingerprint density at radius 1 is 0.667 bits per heavy atom. The molecule has 0 N–H and O–H groups in total. The molecule has 2 aromatic rings. The maximum atomic E-state index is 6.16. The Hall–Kier alpha value is -1.96. The smallest absolute Gasteiger partial charge is 0.168 e. The number of benzene rings is 2. The summed E-state index contributed by atoms with van der Waals surface area (Å²) < 4.78 is 12.2. The summed E-state index contributed by atoms with van der Waals surface area (Å²) in [7, 11) is 0. The number of rotatable bonds is 11. The highest BCUT2D eigenvalue weighted by Crippen LogP contribution is 2.38. The first-order valence-corrected chi connectivity index (χ1v) is 9.30. The highest BCUT2D eigenvalue weighted by Gasteiger charge is 2.13. The molecule has 0 atom stereocenters. The zero-order chi connectivity index (χ0) is 17.0. The Morgan fingerprint density at radius 3 is 2.00 bits per heavy atom. The zero-order valence-corrected chi connectivity index (χ0v) is 15.1. The lowest BCUT2D eigenvalue weighted by Crippen LogP contribution is -2.04. The number of hydrogen-bond acceptors (Lipinski definition) is 2. The van der Waals surface area contributed by atoms with Gasteiger partial charge >= 0.3 is 0 Å². The van der Waals surface area contributed by atoms with Crippen molar-refractivity contribution in [3.63, 3.8) is 0 Å². The van der Waals surface area contributed by atoms with Crippen molar-refractivity contribution in [2.24, 2.45) is 0 Å². The van der Waals surface area contributed by atoms with Gasteiger partial charge < -0.3 is 9.47 Å². The van der Waals surface area contributed by atoms with Gasteiger partial charge in [-0.15, -0.1) is 0 Å². The lowest BCUT2D eigenvalue weighted by atomic mass is 10.0. The average Bonchev–Trinajstić information content (AvgIpc) is 2.63. The van der Waals surface area contributed by atoms with Gasteiger partial charge in [0.05, 0.1) is 13.2 Å². The van der Waals surface area contributed by atoms with Gasteiger partial charge in [0.1, 0.15) is 0 Å². The van der Waals surface area contributed by atoms with Crippen LogP contribution in [0.5, 0.6) is 11.5 Å². The third-order valence-electron chi connectivity index (χ3n) is 4.06. The first-order chi connectivity index (χ1) is 11.9. The fourth-order valence-corrected chi connectivity index (χ4v) is 2.68. The molecule has 0 heterocycles. The second-order valence-corrected chi connectivity index (χ2v) is 6.11. The summed E-state index contributed by atoms with van der Waals surface area (Å²) in [4.78, 5) is 0. The van der Waals surface area contributed by atoms with Crippen LogP contribution in [-0.4, -0.2) is 13.2 Å². The Balaban J connectivity index is 2.18. The molecular weight excluding hydrogens is 296 g/mol. The van der Waals surface area contributed by atoms with Crippen LogP contribution in [0.3, 0.4) is 0 Å². The average molecular weight is 326 g/mol. The van der Waals surface area contributed by atoms with Gasteiger partial charge in [-0.3, -0.25) is 0 Å². The van der Waals surface area contributed by atoms with E-state index < -0.39 is 0 Å². The molecule has 0 fully saturated rings. The van der Waals surface area contributed by atoms with Crippen molar-refractivity contribution in [3.8, 4) is 22.6 Å². The summed E-state index contributed by atoms with van der Waals surface area (Å²) in [5.41, 5.74) is 2.28. The summed E-state index contributed by atoms with van der Waals surface area (Å²) in [6.45, 7) is 5.90. The predicted molar refractivity (Wildman–Crippen MR) is 102 cm³/mol. The second-order valence-electron chi connectivity index (χ2n) is 6.11. The Bertz CT molecular complexity index is 578. The molecule has 0 spiro atoms. The SMILES string of the molecule is CCCCCOc1cccc(-c2ccccc2)c1OCCCCC. The molecule has 0 amide bonds. The standard InChI is InChI=1S/C22H30O2/c1-3-5-10-17-23-21-16-12-15-20(19-13-8-7-9-14-19)22(21)24-18-11-6-4-2/h7-9,12-16H,3-6,10-11,17-18H2,1-2H3. The van der Waals surface area contributed by atoms with Gasteiger partial charge in [0.2, 0.25) is 0 Å². The van der Waals surface area contributed by atoms with E-state index in [2.05, 4.69) is 50.2 Å². The molecule has 0 aliphatic carbocycles. The topological polar surface area (TPSA) is 18.5 Å². The number of ether oxygens (including phenoxy) is 2. The molecule has 0 radical (unpaired) electrons. The summed E-state index contributed by atoms with van der Waals surface area (Å²) in [6, 6.07) is 16.6. The molecule has 2 nitrogen and oxygen atoms in total. The molecule has 2 rings (SSSR count). The van der Waals surface area contributed by atoms with Crippen molar-refractivity contribution in [1.82, 2.24) is 0 Å². The van der Waals surface area contributed by atoms with Gasteiger partial charge in [-0.25, -0.2) is 0 Å². The van der Waals surface area contributed by atoms with Crippen molar-refractivity contribution in [2.45, 2.75) is 52.4 Å². The van der Waals surface area contributed by atoms with E-state index in [1.54, 1.807) is 0 Å². The Labute approximate surface area is 146 Å². The van der Waals surface area contributed by atoms with E-state index >= 15 is 0 Å². The van der Waals surface area contributed by atoms with Gasteiger partial charge in [0, 0.05) is 5.56 Å². The second kappa shape index (κ2) is 10.7. The van der Waals surface area contributed by atoms with E-state index in [1.807, 2.05) is 12.1 Å². The van der Waals surface area contributed by atoms with Gasteiger partial charge in [-0.2, -0.15) is 0 Å². The van der Waals surface area contributed by atoms with Gasteiger partial charge in [0.15, 0.2) is 11.5 Å². The predicted octanol–water partition coefficient (Wildman–Crippen LogP) is 6.49. The zero-order valence-electron chi connectivity index (χ0n) is 15.1. The first kappa shape index (κ1) is 18.4. The molecule has 24 heavy (non-hydrogen) atoms. The van der Waals surface area contributed by atoms with Crippen LogP contribution < -0.4 is 9.47 Å². The summed E-state index contributed by atoms with van der Waals surface area (Å²) in [5, 5.41) is 0. The van der Waals surface area contributed by atoms with E-state index in [0.717, 1.165) is 43.1 Å². The minimum atomic E-state index is 0.739. The highest BCUT2D eigenvalue weighted by atomic mass is 16.5. The summed E-state index contributed by atoms with van der Waals surface area (Å²) >= 11 is 0. The van der Waals surface area contributed by atoms with Gasteiger partial charge in [-0.1, -0.05) is 82.0 Å². The maximum absolute atomic E-state index is 6.16. The molecule has 0 saturated heterocycles. The van der Waals surface area contributed by atoms with Crippen LogP contribution in [0.25, 0.3) is 11.1 Å². The van der Waals surface area contributed by atoms with E-state index in [4.69, 9.17) is 9.47 Å². The third kappa shape index (κ3) is 5.59. The molecule has 2 heteroatoms. The molecule has 0 saturated carbocycles. The number of hydrogen-bond donors (Lipinski definition) is 0. The molecule has 130 valence electrons. The van der Waals surface area contributed by atoms with Gasteiger partial charge in [0.25, 0.3) is 0 Å². The molecule has 0 aliphatic rings. The normalized spacial score (nSPS) is 10.6. The van der Waals surface area contributed by atoms with E-state index in [-0.39, 0.29) is 0 Å². The van der Waals surface area contributed by atoms with Gasteiger partial charge in [-0.05, 0) is 24.5 Å². The molecular formula is C22H30O2. The molecule has 2 aromatic carbocycles. The van der Waals surface area contributed by atoms with E-state index in [1.165, 1.54) is 31.2 Å². The third-order valence-corrected chi connectivity index (χ3v) is 4.06. The van der Waals surface area contributed by atoms with Crippen molar-refractivity contribution < 1.29 is 9.47 Å². The van der Waals surface area contributed by atoms with Crippen LogP contribution in [0.2, 0.25) is 0 Å². The highest BCUT2D eigenvalue weighted by molar-refractivity contribution is 5.73. The first-order valence-electron chi connectivity index (χ1n) is 9.30. The fraction of sp³-hybridized carbons (Fsp3) is 0.455. The fourth-order valence-electron chi connectivity index (χ4n) is 2.68. The summed E-state index contributed by atoms with van der Waals surface area (Å²) in [6.07, 6.45) is 6.96.